The number of carbonyl (C=O) groups excluding carboxylic acids is 2. The number of nitrogens with one attached hydrogen (secondary N) is 2. The van der Waals surface area contributed by atoms with Crippen LogP contribution in [-0.2, 0) is 21.1 Å². The van der Waals surface area contributed by atoms with Crippen LogP contribution >= 0.6 is 0 Å². The second-order valence-corrected chi connectivity index (χ2v) is 8.04. The highest BCUT2D eigenvalue weighted by atomic mass is 32.2. The molecule has 0 saturated heterocycles. The summed E-state index contributed by atoms with van der Waals surface area (Å²) in [5.74, 6) is -1.36. The van der Waals surface area contributed by atoms with E-state index in [4.69, 9.17) is 0 Å². The molecule has 0 saturated carbocycles. The fourth-order valence-corrected chi connectivity index (χ4v) is 3.48. The zero-order valence-electron chi connectivity index (χ0n) is 14.8. The van der Waals surface area contributed by atoms with E-state index in [1.54, 1.807) is 24.3 Å². The van der Waals surface area contributed by atoms with Gasteiger partial charge in [-0.2, -0.15) is 0 Å². The Balaban J connectivity index is 1.84. The third-order valence-corrected chi connectivity index (χ3v) is 5.65. The predicted octanol–water partition coefficient (Wildman–Crippen LogP) is 2.18. The number of amides is 2. The highest BCUT2D eigenvalue weighted by Crippen LogP contribution is 2.13. The summed E-state index contributed by atoms with van der Waals surface area (Å²) in [6, 6.07) is 13.5. The van der Waals surface area contributed by atoms with Crippen molar-refractivity contribution >= 4 is 21.7 Å². The Morgan fingerprint density at radius 2 is 1.54 bits per heavy atom. The van der Waals surface area contributed by atoms with Crippen molar-refractivity contribution in [3.8, 4) is 0 Å². The summed E-state index contributed by atoms with van der Waals surface area (Å²) in [6.07, 6.45) is 0.624. The summed E-state index contributed by atoms with van der Waals surface area (Å²) in [5, 5.41) is 0. The second kappa shape index (κ2) is 8.62. The van der Waals surface area contributed by atoms with Gasteiger partial charge in [-0.25, -0.2) is 8.42 Å². The fraction of sp³-hybridized carbons (Fsp3) is 0.263. The smallest absolute Gasteiger partial charge is 0.269 e. The van der Waals surface area contributed by atoms with E-state index in [2.05, 4.69) is 10.9 Å². The van der Waals surface area contributed by atoms with Gasteiger partial charge in [-0.1, -0.05) is 36.8 Å². The Bertz CT molecular complexity index is 873. The van der Waals surface area contributed by atoms with Gasteiger partial charge >= 0.3 is 0 Å². The van der Waals surface area contributed by atoms with E-state index in [0.717, 1.165) is 17.5 Å². The van der Waals surface area contributed by atoms with Crippen molar-refractivity contribution in [1.29, 1.82) is 0 Å². The monoisotopic (exact) mass is 374 g/mol. The van der Waals surface area contributed by atoms with Crippen molar-refractivity contribution < 1.29 is 18.0 Å². The molecule has 138 valence electrons. The normalized spacial score (nSPS) is 11.0. The third kappa shape index (κ3) is 5.42. The summed E-state index contributed by atoms with van der Waals surface area (Å²) in [6.45, 7) is 3.88. The quantitative estimate of drug-likeness (QED) is 0.758. The molecule has 0 atom stereocenters. The maximum absolute atomic E-state index is 12.2. The molecule has 0 spiro atoms. The van der Waals surface area contributed by atoms with Crippen LogP contribution in [-0.4, -0.2) is 26.0 Å². The molecule has 0 aliphatic carbocycles. The van der Waals surface area contributed by atoms with E-state index in [1.165, 1.54) is 12.1 Å². The largest absolute Gasteiger partial charge is 0.273 e. The summed E-state index contributed by atoms with van der Waals surface area (Å²) in [4.78, 5) is 24.0. The molecule has 0 aliphatic rings. The Morgan fingerprint density at radius 3 is 2.12 bits per heavy atom. The minimum atomic E-state index is -3.54. The zero-order chi connectivity index (χ0) is 19.2. The molecule has 0 fully saturated rings. The average Bonchev–Trinajstić information content (AvgIpc) is 2.65. The lowest BCUT2D eigenvalue weighted by Gasteiger charge is -2.08. The lowest BCUT2D eigenvalue weighted by atomic mass is 10.1. The van der Waals surface area contributed by atoms with E-state index in [1.807, 2.05) is 26.0 Å². The molecule has 2 N–H and O–H groups in total. The Labute approximate surface area is 153 Å². The van der Waals surface area contributed by atoms with Crippen LogP contribution in [0.3, 0.4) is 0 Å². The van der Waals surface area contributed by atoms with Gasteiger partial charge in [0.25, 0.3) is 5.91 Å². The molecule has 2 aromatic carbocycles. The second-order valence-electron chi connectivity index (χ2n) is 5.93. The van der Waals surface area contributed by atoms with E-state index in [9.17, 15) is 18.0 Å². The number of benzene rings is 2. The van der Waals surface area contributed by atoms with Gasteiger partial charge in [-0.3, -0.25) is 20.4 Å². The van der Waals surface area contributed by atoms with Gasteiger partial charge in [-0.05, 0) is 43.2 Å². The van der Waals surface area contributed by atoms with Crippen molar-refractivity contribution in [3.05, 3.63) is 65.2 Å². The van der Waals surface area contributed by atoms with Crippen molar-refractivity contribution in [3.63, 3.8) is 0 Å². The van der Waals surface area contributed by atoms with E-state index >= 15 is 0 Å². The number of hydrogen-bond acceptors (Lipinski definition) is 4. The molecule has 0 bridgehead atoms. The molecular formula is C19H22N2O4S. The molecule has 6 nitrogen and oxygen atoms in total. The molecule has 0 radical (unpaired) electrons. The highest BCUT2D eigenvalue weighted by molar-refractivity contribution is 7.91. The van der Waals surface area contributed by atoms with Gasteiger partial charge in [0.1, 0.15) is 0 Å². The van der Waals surface area contributed by atoms with Crippen molar-refractivity contribution in [1.82, 2.24) is 10.9 Å². The minimum Gasteiger partial charge on any atom is -0.273 e. The van der Waals surface area contributed by atoms with Gasteiger partial charge < -0.3 is 0 Å². The maximum atomic E-state index is 12.2. The fourth-order valence-electron chi connectivity index (χ4n) is 2.24. The minimum absolute atomic E-state index is 0.177. The van der Waals surface area contributed by atoms with Gasteiger partial charge in [0.05, 0.1) is 10.6 Å². The van der Waals surface area contributed by atoms with E-state index < -0.39 is 21.7 Å². The first-order valence-corrected chi connectivity index (χ1v) is 9.94. The van der Waals surface area contributed by atoms with Crippen LogP contribution < -0.4 is 10.9 Å². The van der Waals surface area contributed by atoms with Crippen molar-refractivity contribution in [2.24, 2.45) is 0 Å². The summed E-state index contributed by atoms with van der Waals surface area (Å²) < 4.78 is 24.4. The molecular weight excluding hydrogens is 352 g/mol. The third-order valence-electron chi connectivity index (χ3n) is 3.92. The maximum Gasteiger partial charge on any atom is 0.269 e. The Kier molecular flexibility index (Phi) is 6.52. The first kappa shape index (κ1) is 19.7. The van der Waals surface area contributed by atoms with Crippen LogP contribution in [0.25, 0.3) is 0 Å². The van der Waals surface area contributed by atoms with Crippen LogP contribution in [0.5, 0.6) is 0 Å². The number of carbonyl (C=O) groups is 2. The van der Waals surface area contributed by atoms with Crippen molar-refractivity contribution in [2.75, 3.05) is 5.75 Å². The number of aryl methyl sites for hydroxylation is 2. The molecule has 2 rings (SSSR count). The zero-order valence-corrected chi connectivity index (χ0v) is 15.6. The topological polar surface area (TPSA) is 92.3 Å². The number of hydrazine groups is 1. The predicted molar refractivity (Wildman–Crippen MR) is 99.3 cm³/mol. The molecule has 2 amide bonds. The lowest BCUT2D eigenvalue weighted by molar-refractivity contribution is -0.121. The van der Waals surface area contributed by atoms with Crippen molar-refractivity contribution in [2.45, 2.75) is 31.6 Å². The van der Waals surface area contributed by atoms with Crippen LogP contribution in [0.4, 0.5) is 0 Å². The van der Waals surface area contributed by atoms with Crippen LogP contribution in [0.2, 0.25) is 0 Å². The van der Waals surface area contributed by atoms with Gasteiger partial charge in [0.2, 0.25) is 5.91 Å². The first-order chi connectivity index (χ1) is 12.3. The van der Waals surface area contributed by atoms with Gasteiger partial charge in [0, 0.05) is 12.0 Å². The standard InChI is InChI=1S/C19H22N2O4S/c1-3-15-6-8-16(9-7-15)19(23)21-20-18(22)12-13-26(24,25)17-10-4-14(2)5-11-17/h4-11H,3,12-13H2,1-2H3,(H,20,22)(H,21,23). The van der Waals surface area contributed by atoms with Gasteiger partial charge in [0.15, 0.2) is 9.84 Å². The van der Waals surface area contributed by atoms with Gasteiger partial charge in [-0.15, -0.1) is 0 Å². The van der Waals surface area contributed by atoms with Crippen LogP contribution in [0.15, 0.2) is 53.4 Å². The summed E-state index contributed by atoms with van der Waals surface area (Å²) >= 11 is 0. The first-order valence-electron chi connectivity index (χ1n) is 8.29. The molecule has 0 aromatic heterocycles. The van der Waals surface area contributed by atoms with Crippen LogP contribution in [0.1, 0.15) is 34.8 Å². The SMILES string of the molecule is CCc1ccc(C(=O)NNC(=O)CCS(=O)(=O)c2ccc(C)cc2)cc1. The number of rotatable bonds is 6. The average molecular weight is 374 g/mol. The molecule has 26 heavy (non-hydrogen) atoms. The highest BCUT2D eigenvalue weighted by Gasteiger charge is 2.16. The Hall–Kier alpha value is -2.67. The summed E-state index contributed by atoms with van der Waals surface area (Å²) in [7, 11) is -3.54. The summed E-state index contributed by atoms with van der Waals surface area (Å²) in [5.41, 5.74) is 7.00. The molecule has 0 aliphatic heterocycles. The Morgan fingerprint density at radius 1 is 0.923 bits per heavy atom. The van der Waals surface area contributed by atoms with E-state index in [0.29, 0.717) is 5.56 Å². The molecule has 0 unspecified atom stereocenters. The number of sulfone groups is 1. The van der Waals surface area contributed by atoms with Crippen LogP contribution in [0, 0.1) is 6.92 Å². The number of hydrogen-bond donors (Lipinski definition) is 2. The lowest BCUT2D eigenvalue weighted by Crippen LogP contribution is -2.42. The van der Waals surface area contributed by atoms with E-state index in [-0.39, 0.29) is 17.1 Å². The molecule has 0 heterocycles. The molecule has 2 aromatic rings. The molecule has 7 heteroatoms.